The van der Waals surface area contributed by atoms with E-state index in [9.17, 15) is 19.2 Å². The molecular weight excluding hydrogens is 1140 g/mol. The molecule has 0 aromatic rings. The van der Waals surface area contributed by atoms with E-state index in [4.69, 9.17) is 18.9 Å². The highest BCUT2D eigenvalue weighted by Crippen LogP contribution is 2.23. The molecule has 538 valence electrons. The van der Waals surface area contributed by atoms with Crippen molar-refractivity contribution in [2.24, 2.45) is 11.8 Å². The lowest BCUT2D eigenvalue weighted by Crippen LogP contribution is -2.24. The highest BCUT2D eigenvalue weighted by molar-refractivity contribution is 5.80. The Kier molecular flexibility index (Phi) is 74.2. The summed E-state index contributed by atoms with van der Waals surface area (Å²) in [5.41, 5.74) is 0. The van der Waals surface area contributed by atoms with Crippen molar-refractivity contribution in [1.29, 1.82) is 0 Å². The van der Waals surface area contributed by atoms with Crippen LogP contribution in [0.5, 0.6) is 0 Å². The van der Waals surface area contributed by atoms with Crippen molar-refractivity contribution in [2.45, 2.75) is 426 Å². The summed E-state index contributed by atoms with van der Waals surface area (Å²) < 4.78 is 22.8. The average Bonchev–Trinajstić information content (AvgIpc) is 3.73. The second-order valence-corrected chi connectivity index (χ2v) is 27.7. The lowest BCUT2D eigenvalue weighted by molar-refractivity contribution is -0.154. The van der Waals surface area contributed by atoms with Gasteiger partial charge in [0.1, 0.15) is 26.4 Å². The zero-order chi connectivity index (χ0) is 66.6. The van der Waals surface area contributed by atoms with E-state index in [1.165, 1.54) is 308 Å². The van der Waals surface area contributed by atoms with E-state index in [0.29, 0.717) is 25.7 Å². The summed E-state index contributed by atoms with van der Waals surface area (Å²) in [4.78, 5) is 53.8. The molecule has 0 bridgehead atoms. The molecule has 2 unspecified atom stereocenters. The molecule has 0 aliphatic carbocycles. The van der Waals surface area contributed by atoms with Crippen LogP contribution in [-0.2, 0) is 38.1 Å². The molecule has 2 atom stereocenters. The maximum atomic E-state index is 13.7. The van der Waals surface area contributed by atoms with Gasteiger partial charge in [0.2, 0.25) is 0 Å². The van der Waals surface area contributed by atoms with Crippen molar-refractivity contribution in [1.82, 2.24) is 0 Å². The minimum Gasteiger partial charge on any atom is -0.461 e. The van der Waals surface area contributed by atoms with Crippen molar-refractivity contribution < 1.29 is 38.1 Å². The van der Waals surface area contributed by atoms with Crippen molar-refractivity contribution >= 4 is 23.9 Å². The first kappa shape index (κ1) is 88.8. The van der Waals surface area contributed by atoms with Crippen LogP contribution < -0.4 is 0 Å². The summed E-state index contributed by atoms with van der Waals surface area (Å²) in [6.07, 6.45) is 90.9. The number of rotatable bonds is 75. The molecule has 8 heteroatoms. The molecule has 0 aromatic carbocycles. The van der Waals surface area contributed by atoms with Gasteiger partial charge in [0.25, 0.3) is 0 Å². The smallest absolute Gasteiger partial charge is 0.309 e. The van der Waals surface area contributed by atoms with E-state index >= 15 is 0 Å². The number of carbonyl (C=O) groups is 4. The fourth-order valence-electron chi connectivity index (χ4n) is 12.5. The second-order valence-electron chi connectivity index (χ2n) is 27.7. The molecule has 0 amide bonds. The molecule has 0 rings (SSSR count). The first-order valence-electron chi connectivity index (χ1n) is 40.6. The van der Waals surface area contributed by atoms with E-state index in [2.05, 4.69) is 52.0 Å². The van der Waals surface area contributed by atoms with Crippen LogP contribution in [0, 0.1) is 11.8 Å². The predicted octanol–water partition coefficient (Wildman–Crippen LogP) is 26.9. The molecule has 0 radical (unpaired) electrons. The van der Waals surface area contributed by atoms with Gasteiger partial charge in [-0.3, -0.25) is 19.2 Å². The molecule has 0 spiro atoms. The van der Waals surface area contributed by atoms with E-state index in [-0.39, 0.29) is 39.3 Å². The summed E-state index contributed by atoms with van der Waals surface area (Å²) in [6, 6.07) is 0. The molecule has 8 nitrogen and oxygen atoms in total. The maximum absolute atomic E-state index is 13.7. The number of hydrogen-bond donors (Lipinski definition) is 0. The Balaban J connectivity index is 5.34. The first-order chi connectivity index (χ1) is 45.4. The van der Waals surface area contributed by atoms with Gasteiger partial charge in [-0.25, -0.2) is 0 Å². The molecule has 0 heterocycles. The fraction of sp³-hybridized carbons (Fsp3) is 0.857. The van der Waals surface area contributed by atoms with Crippen molar-refractivity contribution in [3.05, 3.63) is 48.6 Å². The number of carbonyl (C=O) groups excluding carboxylic acids is 4. The Bertz CT molecular complexity index is 1540. The monoisotopic (exact) mass is 1290 g/mol. The average molecular weight is 1290 g/mol. The summed E-state index contributed by atoms with van der Waals surface area (Å²) in [5.74, 6) is -2.99. The topological polar surface area (TPSA) is 105 Å². The fourth-order valence-corrected chi connectivity index (χ4v) is 12.5. The predicted molar refractivity (Wildman–Crippen MR) is 396 cm³/mol. The quantitative estimate of drug-likeness (QED) is 0.0257. The zero-order valence-electron chi connectivity index (χ0n) is 61.7. The van der Waals surface area contributed by atoms with Crippen molar-refractivity contribution in [3.8, 4) is 0 Å². The highest BCUT2D eigenvalue weighted by atomic mass is 16.5. The molecule has 92 heavy (non-hydrogen) atoms. The molecule has 0 saturated carbocycles. The number of esters is 4. The molecular formula is C84H154O8. The SMILES string of the molecule is CCCCCCCCCCCCCCC/C=C/COC(=O)CC(CCCCC(CC(=O)OC/C=C/CCCCCCCCCCCCCCC)C(=O)OC/C=C/CCCCCCCCCCCCCCC)C(=O)OC/C=C/CCCCCCCCCCCCCCC. The first-order valence-corrected chi connectivity index (χ1v) is 40.6. The normalized spacial score (nSPS) is 12.5. The van der Waals surface area contributed by atoms with Gasteiger partial charge in [-0.1, -0.05) is 397 Å². The Morgan fingerprint density at radius 2 is 0.391 bits per heavy atom. The number of hydrogen-bond acceptors (Lipinski definition) is 8. The third kappa shape index (κ3) is 69.7. The van der Waals surface area contributed by atoms with Crippen LogP contribution in [0.2, 0.25) is 0 Å². The molecule has 0 saturated heterocycles. The lowest BCUT2D eigenvalue weighted by Gasteiger charge is -2.17. The molecule has 0 aliphatic heterocycles. The van der Waals surface area contributed by atoms with Crippen LogP contribution in [0.15, 0.2) is 48.6 Å². The van der Waals surface area contributed by atoms with Gasteiger partial charge in [0, 0.05) is 0 Å². The van der Waals surface area contributed by atoms with Crippen LogP contribution in [0.1, 0.15) is 426 Å². The lowest BCUT2D eigenvalue weighted by atomic mass is 9.93. The van der Waals surface area contributed by atoms with E-state index in [0.717, 1.165) is 51.4 Å². The number of allylic oxidation sites excluding steroid dienone is 4. The largest absolute Gasteiger partial charge is 0.461 e. The van der Waals surface area contributed by atoms with Gasteiger partial charge in [0.15, 0.2) is 0 Å². The standard InChI is InChI=1S/C84H154O8/c1-5-9-13-17-21-25-29-33-37-41-45-49-53-57-61-67-73-89-81(85)77-79(83(87)91-75-69-63-59-55-51-47-43-39-35-31-27-23-19-15-11-7-3)71-65-66-72-80(84(88)92-76-70-64-60-56-52-48-44-40-36-32-28-24-20-16-12-8-4)78-82(86)90-74-68-62-58-54-50-46-42-38-34-30-26-22-18-14-10-6-2/h61-64,67-70,79-80H,5-60,65-66,71-78H2,1-4H3/b67-61+,68-62+,69-63+,70-64+. The third-order valence-electron chi connectivity index (χ3n) is 18.7. The van der Waals surface area contributed by atoms with E-state index < -0.39 is 35.7 Å². The van der Waals surface area contributed by atoms with Crippen LogP contribution in [-0.4, -0.2) is 50.3 Å². The van der Waals surface area contributed by atoms with Gasteiger partial charge < -0.3 is 18.9 Å². The molecule has 0 fully saturated rings. The van der Waals surface area contributed by atoms with Crippen LogP contribution in [0.4, 0.5) is 0 Å². The zero-order valence-corrected chi connectivity index (χ0v) is 61.7. The van der Waals surface area contributed by atoms with Crippen LogP contribution in [0.3, 0.4) is 0 Å². The minimum absolute atomic E-state index is 0.0650. The van der Waals surface area contributed by atoms with Gasteiger partial charge in [-0.15, -0.1) is 0 Å². The molecule has 0 aliphatic rings. The second kappa shape index (κ2) is 76.9. The van der Waals surface area contributed by atoms with Crippen molar-refractivity contribution in [2.75, 3.05) is 26.4 Å². The van der Waals surface area contributed by atoms with Gasteiger partial charge in [-0.2, -0.15) is 0 Å². The van der Waals surface area contributed by atoms with E-state index in [1.807, 2.05) is 24.3 Å². The van der Waals surface area contributed by atoms with Crippen LogP contribution in [0.25, 0.3) is 0 Å². The number of unbranched alkanes of at least 4 members (excludes halogenated alkanes) is 53. The van der Waals surface area contributed by atoms with Gasteiger partial charge in [-0.05, 0) is 64.2 Å². The van der Waals surface area contributed by atoms with Gasteiger partial charge >= 0.3 is 23.9 Å². The Morgan fingerprint density at radius 1 is 0.217 bits per heavy atom. The Hall–Kier alpha value is -3.16. The Morgan fingerprint density at radius 3 is 0.587 bits per heavy atom. The summed E-state index contributed by atoms with van der Waals surface area (Å²) in [7, 11) is 0. The van der Waals surface area contributed by atoms with Crippen molar-refractivity contribution in [3.63, 3.8) is 0 Å². The highest BCUT2D eigenvalue weighted by Gasteiger charge is 2.27. The minimum atomic E-state index is -0.673. The maximum Gasteiger partial charge on any atom is 0.309 e. The van der Waals surface area contributed by atoms with Gasteiger partial charge in [0.05, 0.1) is 24.7 Å². The summed E-state index contributed by atoms with van der Waals surface area (Å²) in [6.45, 7) is 9.82. The third-order valence-corrected chi connectivity index (χ3v) is 18.7. The molecule has 0 N–H and O–H groups in total. The molecule has 0 aromatic heterocycles. The van der Waals surface area contributed by atoms with Crippen LogP contribution >= 0.6 is 0 Å². The van der Waals surface area contributed by atoms with E-state index in [1.54, 1.807) is 0 Å². The number of ether oxygens (including phenoxy) is 4. The summed E-state index contributed by atoms with van der Waals surface area (Å²) in [5, 5.41) is 0. The Labute approximate surface area is 571 Å². The summed E-state index contributed by atoms with van der Waals surface area (Å²) >= 11 is 0.